The molecule has 6 atom stereocenters. The summed E-state index contributed by atoms with van der Waals surface area (Å²) >= 11 is 6.41. The second kappa shape index (κ2) is 11.8. The Morgan fingerprint density at radius 2 is 2.11 bits per heavy atom. The molecule has 1 unspecified atom stereocenters. The van der Waals surface area contributed by atoms with Crippen LogP contribution in [0.5, 0.6) is 5.75 Å². The van der Waals surface area contributed by atoms with E-state index in [1.54, 1.807) is 32.0 Å². The van der Waals surface area contributed by atoms with Crippen LogP contribution in [0.25, 0.3) is 0 Å². The lowest BCUT2D eigenvalue weighted by Crippen LogP contribution is -2.43. The molecule has 0 radical (unpaired) electrons. The summed E-state index contributed by atoms with van der Waals surface area (Å²) in [6.07, 6.45) is -1.07. The number of aromatic nitrogens is 2. The molecule has 0 saturated carbocycles. The number of para-hydroxylation sites is 1. The normalized spacial score (nSPS) is 26.5. The van der Waals surface area contributed by atoms with Gasteiger partial charge in [0, 0.05) is 0 Å². The molecule has 1 fully saturated rings. The van der Waals surface area contributed by atoms with Gasteiger partial charge < -0.3 is 24.8 Å². The van der Waals surface area contributed by atoms with E-state index in [2.05, 4.69) is 4.98 Å². The van der Waals surface area contributed by atoms with Gasteiger partial charge in [-0.1, -0.05) is 42.6 Å². The zero-order valence-electron chi connectivity index (χ0n) is 22.6. The largest absolute Gasteiger partial charge is 0.463 e. The molecule has 1 aliphatic rings. The maximum absolute atomic E-state index is 14.1. The molecule has 1 aliphatic heterocycles. The van der Waals surface area contributed by atoms with Gasteiger partial charge >= 0.3 is 19.3 Å². The van der Waals surface area contributed by atoms with Crippen molar-refractivity contribution in [1.82, 2.24) is 9.55 Å². The third-order valence-electron chi connectivity index (χ3n) is 5.31. The molecule has 38 heavy (non-hydrogen) atoms. The molecule has 14 heteroatoms. The van der Waals surface area contributed by atoms with Crippen LogP contribution in [0.2, 0.25) is 0 Å². The molecule has 1 aromatic heterocycles. The summed E-state index contributed by atoms with van der Waals surface area (Å²) in [5, 5.41) is 11.0. The van der Waals surface area contributed by atoms with Gasteiger partial charge in [-0.15, -0.1) is 6.42 Å². The first-order valence-corrected chi connectivity index (χ1v) is 13.4. The minimum Gasteiger partial charge on any atom is -0.463 e. The predicted molar refractivity (Wildman–Crippen MR) is 136 cm³/mol. The van der Waals surface area contributed by atoms with Crippen LogP contribution in [0.4, 0.5) is 10.2 Å². The number of terminal acetylenes is 1. The Balaban J connectivity index is 1.98. The Labute approximate surface area is 226 Å². The number of anilines is 1. The lowest BCUT2D eigenvalue weighted by atomic mass is 9.99. The van der Waals surface area contributed by atoms with E-state index in [-0.39, 0.29) is 5.75 Å². The van der Waals surface area contributed by atoms with Crippen LogP contribution >= 0.6 is 19.2 Å². The number of benzene rings is 1. The van der Waals surface area contributed by atoms with E-state index in [1.165, 1.54) is 19.1 Å². The predicted octanol–water partition coefficient (Wildman–Crippen LogP) is 2.71. The molecule has 2 heterocycles. The number of alkyl halides is 1. The number of hydrogen-bond donors (Lipinski definition) is 2. The van der Waals surface area contributed by atoms with Gasteiger partial charge in [-0.3, -0.25) is 13.9 Å². The number of nitrogens with two attached hydrogens (primary N) is 1. The fourth-order valence-corrected chi connectivity index (χ4v) is 5.43. The van der Waals surface area contributed by atoms with Gasteiger partial charge in [-0.25, -0.2) is 13.8 Å². The fraction of sp³-hybridized carbons (Fsp3) is 0.458. The van der Waals surface area contributed by atoms with Crippen molar-refractivity contribution < 1.29 is 40.1 Å². The van der Waals surface area contributed by atoms with Crippen LogP contribution in [0.15, 0.2) is 41.3 Å². The Hall–Kier alpha value is -2.94. The molecule has 1 saturated heterocycles. The highest BCUT2D eigenvalue weighted by molar-refractivity contribution is 7.54. The Morgan fingerprint density at radius 1 is 1.45 bits per heavy atom. The van der Waals surface area contributed by atoms with Crippen molar-refractivity contribution in [2.45, 2.75) is 50.2 Å². The fourth-order valence-electron chi connectivity index (χ4n) is 3.45. The monoisotopic (exact) mass is 573 g/mol. The number of esters is 1. The van der Waals surface area contributed by atoms with E-state index in [1.807, 2.05) is 5.92 Å². The molecule has 0 spiro atoms. The molecule has 1 aromatic carbocycles. The van der Waals surface area contributed by atoms with Gasteiger partial charge in [-0.05, 0) is 26.0 Å². The summed E-state index contributed by atoms with van der Waals surface area (Å²) in [7, 11) is -4.58. The SMILES string of the molecule is [2H]C([2H])(O[P@@](=O)(C[C@@H](C)C(=O)OC(C)C)Oc1ccccc1)[C@H]1O[C@@H](n2cc(F)c(N)nc2=O)C(Cl)(C#C)[C@H]1O. The first kappa shape index (κ1) is 26.7. The van der Waals surface area contributed by atoms with Gasteiger partial charge in [0.15, 0.2) is 22.7 Å². The molecule has 0 bridgehead atoms. The number of ether oxygens (including phenoxy) is 2. The van der Waals surface area contributed by atoms with Crippen molar-refractivity contribution in [2.24, 2.45) is 5.92 Å². The standard InChI is InChI=1S/C24H28ClFN3O8P/c1-5-24(25)19(30)18(36-22(24)29-11-17(26)20(27)28-23(29)32)12-34-38(33,37-16-9-7-6-8-10-16)13-15(4)21(31)35-14(2)3/h1,6-11,14-15,18-19,22,30H,12-13H2,2-4H3,(H2,27,28,32)/t15-,18-,19+,22-,24?,38+/m1/s1/i12D2. The average molecular weight is 574 g/mol. The minimum absolute atomic E-state index is 0.0297. The summed E-state index contributed by atoms with van der Waals surface area (Å²) in [5.74, 6) is -1.61. The van der Waals surface area contributed by atoms with Crippen molar-refractivity contribution in [3.05, 3.63) is 52.8 Å². The van der Waals surface area contributed by atoms with Crippen LogP contribution in [0.1, 0.15) is 29.7 Å². The van der Waals surface area contributed by atoms with Crippen molar-refractivity contribution in [3.63, 3.8) is 0 Å². The van der Waals surface area contributed by atoms with E-state index in [4.69, 9.17) is 45.0 Å². The number of aliphatic hydroxyl groups is 1. The Kier molecular flexibility index (Phi) is 8.31. The highest BCUT2D eigenvalue weighted by Gasteiger charge is 2.56. The number of hydrogen-bond acceptors (Lipinski definition) is 10. The van der Waals surface area contributed by atoms with E-state index in [0.717, 1.165) is 0 Å². The van der Waals surface area contributed by atoms with Crippen LogP contribution in [-0.2, 0) is 23.4 Å². The zero-order valence-corrected chi connectivity index (χ0v) is 22.3. The van der Waals surface area contributed by atoms with Crippen LogP contribution in [0, 0.1) is 24.1 Å². The zero-order chi connectivity index (χ0) is 30.0. The second-order valence-electron chi connectivity index (χ2n) is 8.72. The van der Waals surface area contributed by atoms with Crippen molar-refractivity contribution in [3.8, 4) is 18.1 Å². The Morgan fingerprint density at radius 3 is 2.71 bits per heavy atom. The molecular formula is C24H28ClFN3O8P. The molecular weight excluding hydrogens is 544 g/mol. The number of rotatable bonds is 10. The van der Waals surface area contributed by atoms with E-state index >= 15 is 0 Å². The Bertz CT molecular complexity index is 1390. The summed E-state index contributed by atoms with van der Waals surface area (Å²) in [4.78, 5) is 25.8. The molecule has 3 N–H and O–H groups in total. The number of nitrogens with zero attached hydrogens (tertiary/aromatic N) is 2. The quantitative estimate of drug-likeness (QED) is 0.188. The van der Waals surface area contributed by atoms with E-state index in [9.17, 15) is 23.7 Å². The third kappa shape index (κ3) is 6.54. The second-order valence-corrected chi connectivity index (χ2v) is 11.3. The van der Waals surface area contributed by atoms with Gasteiger partial charge in [0.1, 0.15) is 18.0 Å². The van der Waals surface area contributed by atoms with Gasteiger partial charge in [0.05, 0.1) is 33.7 Å². The number of aliphatic hydroxyl groups excluding tert-OH is 1. The van der Waals surface area contributed by atoms with Gasteiger partial charge in [0.25, 0.3) is 0 Å². The minimum atomic E-state index is -4.58. The topological polar surface area (TPSA) is 152 Å². The molecule has 0 amide bonds. The van der Waals surface area contributed by atoms with Crippen LogP contribution in [-0.4, -0.2) is 56.5 Å². The lowest BCUT2D eigenvalue weighted by molar-refractivity contribution is -0.151. The highest BCUT2D eigenvalue weighted by atomic mass is 35.5. The van der Waals surface area contributed by atoms with Crippen LogP contribution in [0.3, 0.4) is 0 Å². The van der Waals surface area contributed by atoms with Crippen molar-refractivity contribution >= 4 is 31.0 Å². The number of nitrogen functional groups attached to an aromatic ring is 1. The van der Waals surface area contributed by atoms with E-state index < -0.39 is 78.9 Å². The summed E-state index contributed by atoms with van der Waals surface area (Å²) in [6.45, 7) is 1.46. The number of halogens is 2. The van der Waals surface area contributed by atoms with Crippen molar-refractivity contribution in [1.29, 1.82) is 0 Å². The number of carbonyl (C=O) groups is 1. The molecule has 2 aromatic rings. The van der Waals surface area contributed by atoms with Crippen molar-refractivity contribution in [2.75, 3.05) is 18.5 Å². The summed E-state index contributed by atoms with van der Waals surface area (Å²) in [6, 6.07) is 7.63. The summed E-state index contributed by atoms with van der Waals surface area (Å²) in [5.41, 5.74) is 4.15. The lowest BCUT2D eigenvalue weighted by Gasteiger charge is -2.25. The highest BCUT2D eigenvalue weighted by Crippen LogP contribution is 2.51. The first-order chi connectivity index (χ1) is 18.5. The van der Waals surface area contributed by atoms with E-state index in [0.29, 0.717) is 10.8 Å². The van der Waals surface area contributed by atoms with Crippen LogP contribution < -0.4 is 15.9 Å². The average Bonchev–Trinajstić information content (AvgIpc) is 3.12. The first-order valence-electron chi connectivity index (χ1n) is 12.3. The molecule has 3 rings (SSSR count). The maximum Gasteiger partial charge on any atom is 0.380 e. The smallest absolute Gasteiger partial charge is 0.380 e. The van der Waals surface area contributed by atoms with Gasteiger partial charge in [-0.2, -0.15) is 4.98 Å². The molecule has 0 aliphatic carbocycles. The maximum atomic E-state index is 14.1. The molecule has 11 nitrogen and oxygen atoms in total. The molecule has 206 valence electrons. The third-order valence-corrected chi connectivity index (χ3v) is 7.69. The summed E-state index contributed by atoms with van der Waals surface area (Å²) < 4.78 is 67.2. The number of carbonyl (C=O) groups excluding carboxylic acids is 1. The van der Waals surface area contributed by atoms with Gasteiger partial charge in [0.2, 0.25) is 0 Å².